The fraction of sp³-hybridized carbons (Fsp3) is 0.417. The van der Waals surface area contributed by atoms with E-state index in [4.69, 9.17) is 5.73 Å². The highest BCUT2D eigenvalue weighted by atomic mass is 32.2. The number of piperidine rings is 1. The van der Waals surface area contributed by atoms with Gasteiger partial charge in [0.2, 0.25) is 5.91 Å². The molecule has 0 saturated carbocycles. The summed E-state index contributed by atoms with van der Waals surface area (Å²) in [4.78, 5) is 26.4. The highest BCUT2D eigenvalue weighted by Gasteiger charge is 2.23. The molecule has 1 aliphatic heterocycles. The van der Waals surface area contributed by atoms with Gasteiger partial charge in [0.15, 0.2) is 0 Å². The first-order valence-electron chi connectivity index (χ1n) is 11.2. The van der Waals surface area contributed by atoms with Crippen LogP contribution in [-0.4, -0.2) is 51.3 Å². The third kappa shape index (κ3) is 6.79. The smallest absolute Gasteiger partial charge is 0.261 e. The normalized spacial score (nSPS) is 16.8. The lowest BCUT2D eigenvalue weighted by molar-refractivity contribution is -0.123. The van der Waals surface area contributed by atoms with Crippen LogP contribution < -0.4 is 15.8 Å². The zero-order valence-electron chi connectivity index (χ0n) is 19.1. The van der Waals surface area contributed by atoms with Crippen molar-refractivity contribution in [3.63, 3.8) is 0 Å². The van der Waals surface area contributed by atoms with Crippen LogP contribution in [0.2, 0.25) is 0 Å². The Labute approximate surface area is 195 Å². The van der Waals surface area contributed by atoms with E-state index < -0.39 is 10.0 Å². The number of nitrogens with two attached hydrogens (primary N) is 1. The largest absolute Gasteiger partial charge is 0.369 e. The third-order valence-electron chi connectivity index (χ3n) is 5.88. The van der Waals surface area contributed by atoms with E-state index in [9.17, 15) is 18.0 Å². The van der Waals surface area contributed by atoms with Crippen molar-refractivity contribution in [2.45, 2.75) is 38.0 Å². The molecule has 9 heteroatoms. The number of nitrogens with zero attached hydrogens (tertiary/aromatic N) is 1. The summed E-state index contributed by atoms with van der Waals surface area (Å²) in [5.41, 5.74) is 7.86. The minimum Gasteiger partial charge on any atom is -0.369 e. The maximum atomic E-state index is 12.8. The van der Waals surface area contributed by atoms with E-state index in [1.54, 1.807) is 31.2 Å². The van der Waals surface area contributed by atoms with Crippen LogP contribution in [0.25, 0.3) is 0 Å². The van der Waals surface area contributed by atoms with Crippen LogP contribution in [-0.2, 0) is 14.8 Å². The quantitative estimate of drug-likeness (QED) is 0.484. The fourth-order valence-corrected chi connectivity index (χ4v) is 5.10. The Kier molecular flexibility index (Phi) is 8.10. The molecule has 1 heterocycles. The molecule has 0 bridgehead atoms. The van der Waals surface area contributed by atoms with Crippen molar-refractivity contribution in [3.8, 4) is 0 Å². The van der Waals surface area contributed by atoms with Crippen molar-refractivity contribution in [2.24, 2.45) is 11.7 Å². The molecule has 2 aromatic rings. The van der Waals surface area contributed by atoms with Crippen LogP contribution in [0.5, 0.6) is 0 Å². The van der Waals surface area contributed by atoms with Gasteiger partial charge >= 0.3 is 0 Å². The Morgan fingerprint density at radius 2 is 1.94 bits per heavy atom. The number of rotatable bonds is 9. The van der Waals surface area contributed by atoms with Gasteiger partial charge in [-0.1, -0.05) is 18.2 Å². The number of sulfonamides is 1. The van der Waals surface area contributed by atoms with Crippen LogP contribution in [0.3, 0.4) is 0 Å². The lowest BCUT2D eigenvalue weighted by Crippen LogP contribution is -2.42. The summed E-state index contributed by atoms with van der Waals surface area (Å²) < 4.78 is 28.2. The molecule has 2 amide bonds. The first-order valence-corrected chi connectivity index (χ1v) is 12.6. The summed E-state index contributed by atoms with van der Waals surface area (Å²) in [6.45, 7) is 6.46. The van der Waals surface area contributed by atoms with Crippen molar-refractivity contribution in [1.29, 1.82) is 0 Å². The predicted octanol–water partition coefficient (Wildman–Crippen LogP) is 2.42. The molecule has 0 aliphatic carbocycles. The van der Waals surface area contributed by atoms with E-state index in [0.717, 1.165) is 37.9 Å². The Morgan fingerprint density at radius 1 is 1.15 bits per heavy atom. The van der Waals surface area contributed by atoms with E-state index >= 15 is 0 Å². The van der Waals surface area contributed by atoms with E-state index in [-0.39, 0.29) is 22.6 Å². The molecule has 33 heavy (non-hydrogen) atoms. The molecular weight excluding hydrogens is 440 g/mol. The molecule has 1 saturated heterocycles. The minimum absolute atomic E-state index is 0.0329. The van der Waals surface area contributed by atoms with Crippen LogP contribution in [0, 0.1) is 19.8 Å². The van der Waals surface area contributed by atoms with Gasteiger partial charge in [-0.3, -0.25) is 14.3 Å². The molecule has 0 radical (unpaired) electrons. The van der Waals surface area contributed by atoms with Gasteiger partial charge in [0.25, 0.3) is 15.9 Å². The van der Waals surface area contributed by atoms with Crippen molar-refractivity contribution >= 4 is 27.5 Å². The second kappa shape index (κ2) is 10.8. The van der Waals surface area contributed by atoms with Gasteiger partial charge < -0.3 is 16.0 Å². The monoisotopic (exact) mass is 472 g/mol. The Balaban J connectivity index is 1.58. The number of primary amides is 1. The summed E-state index contributed by atoms with van der Waals surface area (Å²) in [7, 11) is -3.83. The molecule has 8 nitrogen and oxygen atoms in total. The zero-order chi connectivity index (χ0) is 24.0. The van der Waals surface area contributed by atoms with E-state index in [1.165, 1.54) is 12.1 Å². The van der Waals surface area contributed by atoms with Crippen molar-refractivity contribution < 1.29 is 18.0 Å². The number of likely N-dealkylation sites (tertiary alicyclic amines) is 1. The second-order valence-corrected chi connectivity index (χ2v) is 10.3. The number of carbonyl (C=O) groups excluding carboxylic acids is 2. The Morgan fingerprint density at radius 3 is 2.67 bits per heavy atom. The second-order valence-electron chi connectivity index (χ2n) is 8.60. The van der Waals surface area contributed by atoms with E-state index in [0.29, 0.717) is 29.9 Å². The summed E-state index contributed by atoms with van der Waals surface area (Å²) in [5.74, 6) is -0.668. The molecule has 178 valence electrons. The number of carbonyl (C=O) groups is 2. The van der Waals surface area contributed by atoms with Gasteiger partial charge in [0, 0.05) is 24.3 Å². The molecule has 0 spiro atoms. The number of nitrogens with one attached hydrogen (secondary N) is 2. The van der Waals surface area contributed by atoms with Crippen LogP contribution in [0.1, 0.15) is 40.7 Å². The number of anilines is 1. The zero-order valence-corrected chi connectivity index (χ0v) is 20.0. The molecule has 0 aromatic heterocycles. The first-order chi connectivity index (χ1) is 15.7. The van der Waals surface area contributed by atoms with Crippen molar-refractivity contribution in [3.05, 3.63) is 59.2 Å². The molecule has 1 aliphatic rings. The summed E-state index contributed by atoms with van der Waals surface area (Å²) >= 11 is 0. The fourth-order valence-electron chi connectivity index (χ4n) is 4.03. The third-order valence-corrected chi connectivity index (χ3v) is 7.26. The van der Waals surface area contributed by atoms with Gasteiger partial charge in [-0.25, -0.2) is 8.42 Å². The number of hydrogen-bond donors (Lipinski definition) is 3. The standard InChI is InChI=1S/C24H32N4O4S/c1-17-6-3-8-20(14-17)27-33(31,32)21-10-9-18(2)22(15-21)24(30)26-11-5-13-28-12-4-7-19(16-28)23(25)29/h3,6,8-10,14-15,19,27H,4-5,7,11-13,16H2,1-2H3,(H2,25,29)(H,26,30). The van der Waals surface area contributed by atoms with Gasteiger partial charge in [0.05, 0.1) is 10.8 Å². The summed E-state index contributed by atoms with van der Waals surface area (Å²) in [6, 6.07) is 11.6. The maximum absolute atomic E-state index is 12.8. The van der Waals surface area contributed by atoms with Crippen molar-refractivity contribution in [1.82, 2.24) is 10.2 Å². The Hall–Kier alpha value is -2.91. The number of aryl methyl sites for hydroxylation is 2. The molecule has 2 aromatic carbocycles. The van der Waals surface area contributed by atoms with Crippen LogP contribution >= 0.6 is 0 Å². The number of hydrogen-bond acceptors (Lipinski definition) is 5. The Bertz CT molecular complexity index is 1120. The molecule has 4 N–H and O–H groups in total. The van der Waals surface area contributed by atoms with E-state index in [1.807, 2.05) is 13.0 Å². The topological polar surface area (TPSA) is 122 Å². The highest BCUT2D eigenvalue weighted by molar-refractivity contribution is 7.92. The van der Waals surface area contributed by atoms with Gasteiger partial charge in [0.1, 0.15) is 0 Å². The number of amides is 2. The minimum atomic E-state index is -3.83. The van der Waals surface area contributed by atoms with Gasteiger partial charge in [-0.2, -0.15) is 0 Å². The summed E-state index contributed by atoms with van der Waals surface area (Å²) in [6.07, 6.45) is 2.50. The van der Waals surface area contributed by atoms with Crippen LogP contribution in [0.4, 0.5) is 5.69 Å². The molecule has 1 atom stereocenters. The average molecular weight is 473 g/mol. The first kappa shape index (κ1) is 24.7. The lowest BCUT2D eigenvalue weighted by atomic mass is 9.97. The molecule has 3 rings (SSSR count). The van der Waals surface area contributed by atoms with Crippen LogP contribution in [0.15, 0.2) is 47.4 Å². The average Bonchev–Trinajstić information content (AvgIpc) is 2.76. The summed E-state index contributed by atoms with van der Waals surface area (Å²) in [5, 5.41) is 2.88. The van der Waals surface area contributed by atoms with Gasteiger partial charge in [-0.15, -0.1) is 0 Å². The molecule has 1 fully saturated rings. The predicted molar refractivity (Wildman–Crippen MR) is 128 cm³/mol. The number of benzene rings is 2. The highest BCUT2D eigenvalue weighted by Crippen LogP contribution is 2.20. The van der Waals surface area contributed by atoms with Crippen molar-refractivity contribution in [2.75, 3.05) is 30.9 Å². The maximum Gasteiger partial charge on any atom is 0.261 e. The SMILES string of the molecule is Cc1cccc(NS(=O)(=O)c2ccc(C)c(C(=O)NCCCN3CCCC(C(N)=O)C3)c2)c1. The lowest BCUT2D eigenvalue weighted by Gasteiger charge is -2.31. The molecule has 1 unspecified atom stereocenters. The molecular formula is C24H32N4O4S. The van der Waals surface area contributed by atoms with E-state index in [2.05, 4.69) is 14.9 Å². The van der Waals surface area contributed by atoms with Gasteiger partial charge in [-0.05, 0) is 81.6 Å².